The molecule has 0 aliphatic carbocycles. The highest BCUT2D eigenvalue weighted by atomic mass is 127. The van der Waals surface area contributed by atoms with Crippen molar-refractivity contribution in [2.45, 2.75) is 19.8 Å². The third-order valence-corrected chi connectivity index (χ3v) is 4.43. The largest absolute Gasteiger partial charge is 0.382 e. The molecule has 1 aromatic heterocycles. The van der Waals surface area contributed by atoms with Gasteiger partial charge in [-0.15, -0.1) is 35.3 Å². The maximum Gasteiger partial charge on any atom is 0.190 e. The molecular weight excluding hydrogens is 500 g/mol. The first-order valence-corrected chi connectivity index (χ1v) is 8.42. The summed E-state index contributed by atoms with van der Waals surface area (Å²) in [5.74, 6) is 0.864. The number of hydrogen-bond donors (Lipinski definition) is 2. The van der Waals surface area contributed by atoms with Crippen LogP contribution in [0.15, 0.2) is 17.1 Å². The van der Waals surface area contributed by atoms with Gasteiger partial charge in [0.2, 0.25) is 0 Å². The second kappa shape index (κ2) is 13.1. The minimum atomic E-state index is 0. The Balaban J connectivity index is 0.00000361. The lowest BCUT2D eigenvalue weighted by Crippen LogP contribution is -2.38. The average Bonchev–Trinajstić information content (AvgIpc) is 2.82. The Bertz CT molecular complexity index is 385. The van der Waals surface area contributed by atoms with E-state index in [-0.39, 0.29) is 24.0 Å². The molecule has 116 valence electrons. The Morgan fingerprint density at radius 1 is 1.35 bits per heavy atom. The van der Waals surface area contributed by atoms with Crippen LogP contribution in [0.1, 0.15) is 18.2 Å². The van der Waals surface area contributed by atoms with Gasteiger partial charge in [-0.2, -0.15) is 0 Å². The third-order valence-electron chi connectivity index (χ3n) is 2.48. The quantitative estimate of drug-likeness (QED) is 0.239. The lowest BCUT2D eigenvalue weighted by molar-refractivity contribution is 0.145. The van der Waals surface area contributed by atoms with Gasteiger partial charge < -0.3 is 15.4 Å². The number of nitrogens with one attached hydrogen (secondary N) is 2. The van der Waals surface area contributed by atoms with Crippen LogP contribution < -0.4 is 10.6 Å². The number of rotatable bonds is 8. The van der Waals surface area contributed by atoms with E-state index in [0.29, 0.717) is 0 Å². The molecule has 0 spiro atoms. The van der Waals surface area contributed by atoms with E-state index >= 15 is 0 Å². The molecule has 1 aromatic rings. The molecule has 20 heavy (non-hydrogen) atoms. The van der Waals surface area contributed by atoms with E-state index < -0.39 is 0 Å². The minimum absolute atomic E-state index is 0. The molecule has 0 radical (unpaired) electrons. The number of ether oxygens (including phenoxy) is 1. The minimum Gasteiger partial charge on any atom is -0.382 e. The molecule has 0 bridgehead atoms. The monoisotopic (exact) mass is 523 g/mol. The zero-order chi connectivity index (χ0) is 13.9. The molecule has 0 saturated heterocycles. The summed E-state index contributed by atoms with van der Waals surface area (Å²) in [6.07, 6.45) is 2.03. The summed E-state index contributed by atoms with van der Waals surface area (Å²) in [7, 11) is 1.80. The van der Waals surface area contributed by atoms with E-state index in [9.17, 15) is 0 Å². The van der Waals surface area contributed by atoms with Gasteiger partial charge in [0, 0.05) is 38.2 Å². The topological polar surface area (TPSA) is 45.6 Å². The molecule has 0 aliphatic heterocycles. The van der Waals surface area contributed by atoms with Crippen molar-refractivity contribution in [2.75, 3.05) is 33.4 Å². The fraction of sp³-hybridized carbons (Fsp3) is 0.615. The van der Waals surface area contributed by atoms with E-state index in [1.54, 1.807) is 7.05 Å². The normalized spacial score (nSPS) is 11.1. The molecule has 0 atom stereocenters. The zero-order valence-electron chi connectivity index (χ0n) is 11.9. The number of aliphatic imine (C=N–C) groups is 1. The van der Waals surface area contributed by atoms with Crippen LogP contribution in [0.5, 0.6) is 0 Å². The summed E-state index contributed by atoms with van der Waals surface area (Å²) in [6, 6.07) is 4.34. The predicted molar refractivity (Wildman–Crippen MR) is 107 cm³/mol. The lowest BCUT2D eigenvalue weighted by Gasteiger charge is -2.11. The van der Waals surface area contributed by atoms with Gasteiger partial charge in [0.25, 0.3) is 0 Å². The summed E-state index contributed by atoms with van der Waals surface area (Å²) >= 11 is 4.20. The molecule has 0 amide bonds. The Morgan fingerprint density at radius 2 is 2.10 bits per heavy atom. The van der Waals surface area contributed by atoms with Gasteiger partial charge in [-0.05, 0) is 54.5 Å². The number of hydrogen-bond acceptors (Lipinski definition) is 3. The molecule has 0 fully saturated rings. The van der Waals surface area contributed by atoms with Crippen molar-refractivity contribution in [2.24, 2.45) is 4.99 Å². The maximum atomic E-state index is 5.29. The van der Waals surface area contributed by atoms with Crippen LogP contribution in [0, 0.1) is 2.88 Å². The highest BCUT2D eigenvalue weighted by Gasteiger charge is 1.99. The highest BCUT2D eigenvalue weighted by molar-refractivity contribution is 14.1. The molecular formula is C13H23I2N3OS. The van der Waals surface area contributed by atoms with Crippen molar-refractivity contribution in [1.82, 2.24) is 10.6 Å². The first-order valence-electron chi connectivity index (χ1n) is 6.52. The smallest absolute Gasteiger partial charge is 0.190 e. The van der Waals surface area contributed by atoms with Crippen molar-refractivity contribution in [3.8, 4) is 0 Å². The van der Waals surface area contributed by atoms with E-state index in [1.165, 1.54) is 7.76 Å². The second-order valence-corrected chi connectivity index (χ2v) is 6.99. The molecule has 0 unspecified atom stereocenters. The number of guanidine groups is 1. The van der Waals surface area contributed by atoms with Gasteiger partial charge in [0.15, 0.2) is 5.96 Å². The highest BCUT2D eigenvalue weighted by Crippen LogP contribution is 2.18. The van der Waals surface area contributed by atoms with Crippen molar-refractivity contribution >= 4 is 63.9 Å². The molecule has 1 heterocycles. The van der Waals surface area contributed by atoms with Crippen LogP contribution in [-0.4, -0.2) is 39.3 Å². The van der Waals surface area contributed by atoms with E-state index in [4.69, 9.17) is 4.74 Å². The predicted octanol–water partition coefficient (Wildman–Crippen LogP) is 3.10. The fourth-order valence-electron chi connectivity index (χ4n) is 1.54. The average molecular weight is 523 g/mol. The van der Waals surface area contributed by atoms with E-state index in [2.05, 4.69) is 50.3 Å². The van der Waals surface area contributed by atoms with Gasteiger partial charge in [-0.25, -0.2) is 0 Å². The summed E-state index contributed by atoms with van der Waals surface area (Å²) in [5, 5.41) is 6.60. The maximum absolute atomic E-state index is 5.29. The number of halogens is 2. The van der Waals surface area contributed by atoms with Gasteiger partial charge >= 0.3 is 0 Å². The molecule has 0 aromatic carbocycles. The standard InChI is InChI=1S/C13H22IN3OS.HI/c1-3-18-10-4-8-16-13(15-2)17-9-7-11-5-6-12(14)19-11;/h5-6H,3-4,7-10H2,1-2H3,(H2,15,16,17);1H. The summed E-state index contributed by atoms with van der Waals surface area (Å²) < 4.78 is 6.63. The molecule has 0 saturated carbocycles. The summed E-state index contributed by atoms with van der Waals surface area (Å²) in [5.41, 5.74) is 0. The molecule has 1 rings (SSSR count). The second-order valence-electron chi connectivity index (χ2n) is 3.93. The van der Waals surface area contributed by atoms with Crippen LogP contribution in [0.3, 0.4) is 0 Å². The van der Waals surface area contributed by atoms with E-state index in [1.807, 2.05) is 18.3 Å². The summed E-state index contributed by atoms with van der Waals surface area (Å²) in [6.45, 7) is 5.39. The number of nitrogens with zero attached hydrogens (tertiary/aromatic N) is 1. The Kier molecular flexibility index (Phi) is 13.3. The summed E-state index contributed by atoms with van der Waals surface area (Å²) in [4.78, 5) is 5.60. The van der Waals surface area contributed by atoms with E-state index in [0.717, 1.165) is 45.1 Å². The van der Waals surface area contributed by atoms with Gasteiger partial charge in [0.1, 0.15) is 0 Å². The lowest BCUT2D eigenvalue weighted by atomic mass is 10.3. The van der Waals surface area contributed by atoms with Crippen LogP contribution >= 0.6 is 57.9 Å². The molecule has 2 N–H and O–H groups in total. The fourth-order valence-corrected chi connectivity index (χ4v) is 3.29. The Labute approximate surface area is 156 Å². The van der Waals surface area contributed by atoms with Crippen LogP contribution in [0.25, 0.3) is 0 Å². The SMILES string of the molecule is CCOCCCNC(=NC)NCCc1ccc(I)s1.I. The molecule has 7 heteroatoms. The molecule has 0 aliphatic rings. The van der Waals surface area contributed by atoms with Crippen molar-refractivity contribution in [3.63, 3.8) is 0 Å². The zero-order valence-corrected chi connectivity index (χ0v) is 17.3. The van der Waals surface area contributed by atoms with Gasteiger partial charge in [-0.1, -0.05) is 0 Å². The van der Waals surface area contributed by atoms with Gasteiger partial charge in [-0.3, -0.25) is 4.99 Å². The molecule has 4 nitrogen and oxygen atoms in total. The van der Waals surface area contributed by atoms with Crippen LogP contribution in [-0.2, 0) is 11.2 Å². The van der Waals surface area contributed by atoms with Crippen LogP contribution in [0.4, 0.5) is 0 Å². The first-order chi connectivity index (χ1) is 9.26. The Hall–Kier alpha value is 0.390. The van der Waals surface area contributed by atoms with Crippen LogP contribution in [0.2, 0.25) is 0 Å². The first kappa shape index (κ1) is 20.4. The number of thiophene rings is 1. The third kappa shape index (κ3) is 9.35. The Morgan fingerprint density at radius 3 is 2.70 bits per heavy atom. The van der Waals surface area contributed by atoms with Gasteiger partial charge in [0.05, 0.1) is 2.88 Å². The van der Waals surface area contributed by atoms with Crippen molar-refractivity contribution in [3.05, 3.63) is 19.9 Å². The van der Waals surface area contributed by atoms with Crippen molar-refractivity contribution in [1.29, 1.82) is 0 Å². The van der Waals surface area contributed by atoms with Crippen molar-refractivity contribution < 1.29 is 4.74 Å².